The molecule has 2 heterocycles. The van der Waals surface area contributed by atoms with Crippen molar-refractivity contribution >= 4 is 0 Å². The molecule has 0 amide bonds. The summed E-state index contributed by atoms with van der Waals surface area (Å²) in [5.41, 5.74) is 6.83. The molecule has 19 heavy (non-hydrogen) atoms. The lowest BCUT2D eigenvalue weighted by Gasteiger charge is -2.31. The first-order valence-corrected chi connectivity index (χ1v) is 6.46. The van der Waals surface area contributed by atoms with Gasteiger partial charge in [0.1, 0.15) is 0 Å². The van der Waals surface area contributed by atoms with E-state index < -0.39 is 0 Å². The molecule has 1 aliphatic heterocycles. The van der Waals surface area contributed by atoms with E-state index >= 15 is 0 Å². The lowest BCUT2D eigenvalue weighted by molar-refractivity contribution is -0.157. The van der Waals surface area contributed by atoms with Gasteiger partial charge in [-0.15, -0.1) is 5.06 Å². The van der Waals surface area contributed by atoms with Gasteiger partial charge >= 0.3 is 0 Å². The van der Waals surface area contributed by atoms with E-state index in [1.54, 1.807) is 13.3 Å². The predicted octanol–water partition coefficient (Wildman–Crippen LogP) is 2.22. The minimum absolute atomic E-state index is 0.00388. The summed E-state index contributed by atoms with van der Waals surface area (Å²) in [5, 5.41) is 1.92. The van der Waals surface area contributed by atoms with Gasteiger partial charge in [0.05, 0.1) is 13.2 Å². The number of hydrogen-bond donors (Lipinski definition) is 1. The molecule has 2 N–H and O–H groups in total. The van der Waals surface area contributed by atoms with Gasteiger partial charge in [-0.05, 0) is 18.4 Å². The molecular weight excluding hydrogens is 242 g/mol. The molecule has 5 nitrogen and oxygen atoms in total. The molecule has 104 valence electrons. The Bertz CT molecular complexity index is 456. The maximum atomic E-state index is 5.80. The zero-order valence-electron chi connectivity index (χ0n) is 11.8. The Balaban J connectivity index is 2.24. The predicted molar refractivity (Wildman–Crippen MR) is 73.0 cm³/mol. The summed E-state index contributed by atoms with van der Waals surface area (Å²) in [6, 6.07) is 4.07. The van der Waals surface area contributed by atoms with E-state index in [-0.39, 0.29) is 12.1 Å². The molecule has 2 rings (SSSR count). The number of ether oxygens (including phenoxy) is 1. The quantitative estimate of drug-likeness (QED) is 0.902. The largest absolute Gasteiger partial charge is 0.481 e. The number of nitrogens with two attached hydrogens (primary N) is 1. The van der Waals surface area contributed by atoms with Crippen LogP contribution in [0.5, 0.6) is 5.88 Å². The molecule has 2 unspecified atom stereocenters. The van der Waals surface area contributed by atoms with Crippen LogP contribution in [0.2, 0.25) is 0 Å². The van der Waals surface area contributed by atoms with Crippen molar-refractivity contribution in [3.63, 3.8) is 0 Å². The third kappa shape index (κ3) is 2.81. The molecule has 0 saturated heterocycles. The van der Waals surface area contributed by atoms with Crippen molar-refractivity contribution in [2.45, 2.75) is 32.9 Å². The van der Waals surface area contributed by atoms with Crippen molar-refractivity contribution in [3.05, 3.63) is 35.9 Å². The van der Waals surface area contributed by atoms with E-state index in [1.807, 2.05) is 23.3 Å². The lowest BCUT2D eigenvalue weighted by atomic mass is 10.0. The molecule has 0 bridgehead atoms. The van der Waals surface area contributed by atoms with Crippen molar-refractivity contribution in [1.29, 1.82) is 0 Å². The van der Waals surface area contributed by atoms with Crippen LogP contribution in [-0.4, -0.2) is 23.2 Å². The monoisotopic (exact) mass is 263 g/mol. The van der Waals surface area contributed by atoms with Gasteiger partial charge in [-0.2, -0.15) is 0 Å². The summed E-state index contributed by atoms with van der Waals surface area (Å²) >= 11 is 0. The van der Waals surface area contributed by atoms with Crippen molar-refractivity contribution < 1.29 is 9.57 Å². The maximum Gasteiger partial charge on any atom is 0.212 e. The smallest absolute Gasteiger partial charge is 0.212 e. The van der Waals surface area contributed by atoms with E-state index in [0.717, 1.165) is 5.56 Å². The second kappa shape index (κ2) is 5.48. The Kier molecular flexibility index (Phi) is 3.95. The highest BCUT2D eigenvalue weighted by Gasteiger charge is 2.32. The zero-order chi connectivity index (χ0) is 14.0. The topological polar surface area (TPSA) is 60.6 Å². The number of pyridine rings is 1. The molecule has 0 aliphatic carbocycles. The Morgan fingerprint density at radius 1 is 1.37 bits per heavy atom. The van der Waals surface area contributed by atoms with E-state index in [0.29, 0.717) is 17.7 Å². The molecule has 0 spiro atoms. The number of hydrogen-bond acceptors (Lipinski definition) is 5. The van der Waals surface area contributed by atoms with Crippen LogP contribution in [0.3, 0.4) is 0 Å². The first-order valence-electron chi connectivity index (χ1n) is 6.46. The summed E-state index contributed by atoms with van der Waals surface area (Å²) in [6.45, 7) is 6.44. The Hall–Kier alpha value is -1.75. The minimum Gasteiger partial charge on any atom is -0.481 e. The van der Waals surface area contributed by atoms with Crippen molar-refractivity contribution in [2.24, 2.45) is 11.7 Å². The van der Waals surface area contributed by atoms with E-state index in [2.05, 4.69) is 25.8 Å². The number of aromatic nitrogens is 1. The van der Waals surface area contributed by atoms with E-state index in [9.17, 15) is 0 Å². The zero-order valence-corrected chi connectivity index (χ0v) is 11.8. The van der Waals surface area contributed by atoms with Crippen molar-refractivity contribution in [2.75, 3.05) is 7.11 Å². The average Bonchev–Trinajstić information content (AvgIpc) is 2.79. The summed E-state index contributed by atoms with van der Waals surface area (Å²) in [4.78, 5) is 9.85. The third-order valence-electron chi connectivity index (χ3n) is 3.48. The van der Waals surface area contributed by atoms with Crippen LogP contribution in [0.1, 0.15) is 32.4 Å². The second-order valence-electron chi connectivity index (χ2n) is 5.08. The van der Waals surface area contributed by atoms with Gasteiger partial charge in [0.2, 0.25) is 11.8 Å². The van der Waals surface area contributed by atoms with Gasteiger partial charge in [-0.3, -0.25) is 0 Å². The highest BCUT2D eigenvalue weighted by Crippen LogP contribution is 2.33. The van der Waals surface area contributed by atoms with Gasteiger partial charge < -0.3 is 15.3 Å². The minimum atomic E-state index is -0.00388. The lowest BCUT2D eigenvalue weighted by Crippen LogP contribution is -2.36. The van der Waals surface area contributed by atoms with Gasteiger partial charge in [0.25, 0.3) is 0 Å². The third-order valence-corrected chi connectivity index (χ3v) is 3.48. The van der Waals surface area contributed by atoms with Gasteiger partial charge in [-0.25, -0.2) is 4.98 Å². The SMILES string of the molecule is COc1ccc(C2C=C(N)ON2C(C)C(C)C)cn1. The molecule has 1 aliphatic rings. The number of methoxy groups -OCH3 is 1. The average molecular weight is 263 g/mol. The van der Waals surface area contributed by atoms with Crippen LogP contribution in [0.15, 0.2) is 30.3 Å². The fraction of sp³-hybridized carbons (Fsp3) is 0.500. The maximum absolute atomic E-state index is 5.80. The van der Waals surface area contributed by atoms with E-state index in [1.165, 1.54) is 0 Å². The molecule has 1 aromatic rings. The fourth-order valence-electron chi connectivity index (χ4n) is 2.00. The standard InChI is InChI=1S/C14H21N3O2/c1-9(2)10(3)17-12(7-13(15)19-17)11-5-6-14(18-4)16-8-11/h5-10,12H,15H2,1-4H3. The fourth-order valence-corrected chi connectivity index (χ4v) is 2.00. The summed E-state index contributed by atoms with van der Waals surface area (Å²) in [7, 11) is 1.60. The molecular formula is C14H21N3O2. The molecule has 0 fully saturated rings. The van der Waals surface area contributed by atoms with Gasteiger partial charge in [0, 0.05) is 24.4 Å². The molecule has 0 aromatic carbocycles. The highest BCUT2D eigenvalue weighted by molar-refractivity contribution is 5.25. The van der Waals surface area contributed by atoms with Crippen molar-refractivity contribution in [3.8, 4) is 5.88 Å². The normalized spacial score (nSPS) is 21.1. The number of nitrogens with zero attached hydrogens (tertiary/aromatic N) is 2. The Morgan fingerprint density at radius 2 is 2.11 bits per heavy atom. The number of rotatable bonds is 4. The van der Waals surface area contributed by atoms with Crippen LogP contribution in [0.4, 0.5) is 0 Å². The molecule has 0 radical (unpaired) electrons. The van der Waals surface area contributed by atoms with Crippen LogP contribution >= 0.6 is 0 Å². The van der Waals surface area contributed by atoms with Crippen LogP contribution < -0.4 is 10.5 Å². The molecule has 1 aromatic heterocycles. The molecule has 0 saturated carbocycles. The van der Waals surface area contributed by atoms with Gasteiger partial charge in [0.15, 0.2) is 0 Å². The molecule has 5 heteroatoms. The van der Waals surface area contributed by atoms with Crippen molar-refractivity contribution in [1.82, 2.24) is 10.0 Å². The van der Waals surface area contributed by atoms with E-state index in [4.69, 9.17) is 15.3 Å². The summed E-state index contributed by atoms with van der Waals surface area (Å²) < 4.78 is 5.07. The van der Waals surface area contributed by atoms with Crippen LogP contribution in [-0.2, 0) is 4.84 Å². The summed E-state index contributed by atoms with van der Waals surface area (Å²) in [6.07, 6.45) is 3.70. The highest BCUT2D eigenvalue weighted by atomic mass is 16.7. The second-order valence-corrected chi connectivity index (χ2v) is 5.08. The first kappa shape index (κ1) is 13.7. The Morgan fingerprint density at radius 3 is 2.63 bits per heavy atom. The summed E-state index contributed by atoms with van der Waals surface area (Å²) in [5.74, 6) is 1.50. The molecule has 2 atom stereocenters. The van der Waals surface area contributed by atoms with Gasteiger partial charge in [-0.1, -0.05) is 19.9 Å². The van der Waals surface area contributed by atoms with Crippen LogP contribution in [0.25, 0.3) is 0 Å². The first-order chi connectivity index (χ1) is 9.02. The van der Waals surface area contributed by atoms with Crippen LogP contribution in [0, 0.1) is 5.92 Å². The number of hydroxylamine groups is 2. The Labute approximate surface area is 114 Å².